The van der Waals surface area contributed by atoms with Crippen LogP contribution in [0.15, 0.2) is 53.3 Å². The molecule has 1 aromatic heterocycles. The van der Waals surface area contributed by atoms with Gasteiger partial charge in [0.05, 0.1) is 16.3 Å². The topological polar surface area (TPSA) is 59.2 Å². The van der Waals surface area contributed by atoms with Crippen LogP contribution < -0.4 is 19.5 Å². The number of hydrogen-bond donors (Lipinski definition) is 1. The lowest BCUT2D eigenvalue weighted by molar-refractivity contribution is 0.106. The van der Waals surface area contributed by atoms with Crippen LogP contribution in [0.2, 0.25) is 5.02 Å². The van der Waals surface area contributed by atoms with Crippen molar-refractivity contribution in [1.82, 2.24) is 4.98 Å². The molecule has 126 valence electrons. The van der Waals surface area contributed by atoms with Gasteiger partial charge in [-0.25, -0.2) is 0 Å². The van der Waals surface area contributed by atoms with Crippen LogP contribution in [0.5, 0.6) is 5.75 Å². The molecule has 1 heterocycles. The van der Waals surface area contributed by atoms with Gasteiger partial charge in [-0.2, -0.15) is 0 Å². The molecule has 0 saturated carbocycles. The first kappa shape index (κ1) is 17.2. The summed E-state index contributed by atoms with van der Waals surface area (Å²) in [5.74, 6) is 0.499. The molecule has 25 heavy (non-hydrogen) atoms. The molecule has 2 aromatic carbocycles. The molecular formula is C19H14ClNO3S. The van der Waals surface area contributed by atoms with Gasteiger partial charge < -0.3 is 9.72 Å². The summed E-state index contributed by atoms with van der Waals surface area (Å²) in [7, 11) is 1.57. The Morgan fingerprint density at radius 1 is 1.12 bits per heavy atom. The summed E-state index contributed by atoms with van der Waals surface area (Å²) in [6, 6.07) is 14.0. The van der Waals surface area contributed by atoms with E-state index in [4.69, 9.17) is 16.3 Å². The highest BCUT2D eigenvalue weighted by molar-refractivity contribution is 7.07. The van der Waals surface area contributed by atoms with Crippen molar-refractivity contribution in [2.45, 2.75) is 0 Å². The molecule has 0 aliphatic rings. The van der Waals surface area contributed by atoms with E-state index in [-0.39, 0.29) is 11.3 Å². The van der Waals surface area contributed by atoms with Crippen molar-refractivity contribution >= 4 is 40.9 Å². The number of rotatable bonds is 4. The van der Waals surface area contributed by atoms with E-state index in [1.165, 1.54) is 17.4 Å². The maximum atomic E-state index is 12.3. The van der Waals surface area contributed by atoms with Crippen molar-refractivity contribution in [3.05, 3.63) is 84.2 Å². The first-order valence-corrected chi connectivity index (χ1v) is 8.61. The van der Waals surface area contributed by atoms with Gasteiger partial charge in [-0.3, -0.25) is 9.59 Å². The fraction of sp³-hybridized carbons (Fsp3) is 0.0526. The number of hydrogen-bond acceptors (Lipinski definition) is 4. The molecule has 1 N–H and O–H groups in total. The monoisotopic (exact) mass is 371 g/mol. The number of benzene rings is 2. The van der Waals surface area contributed by atoms with Gasteiger partial charge in [0.1, 0.15) is 5.75 Å². The Hall–Kier alpha value is -2.63. The van der Waals surface area contributed by atoms with Crippen molar-refractivity contribution in [3.63, 3.8) is 0 Å². The smallest absolute Gasteiger partial charge is 0.266 e. The number of thiazole rings is 1. The van der Waals surface area contributed by atoms with Crippen molar-refractivity contribution in [1.29, 1.82) is 0 Å². The second kappa shape index (κ2) is 7.51. The molecular weight excluding hydrogens is 358 g/mol. The molecule has 3 aromatic rings. The summed E-state index contributed by atoms with van der Waals surface area (Å²) in [5, 5.41) is 0.636. The molecule has 0 bridgehead atoms. The van der Waals surface area contributed by atoms with E-state index >= 15 is 0 Å². The number of Topliss-reactive ketones (excluding diaryl/α,β-unsaturated/α-hetero) is 1. The van der Waals surface area contributed by atoms with Crippen molar-refractivity contribution in [2.75, 3.05) is 7.11 Å². The third kappa shape index (κ3) is 4.26. The summed E-state index contributed by atoms with van der Waals surface area (Å²) in [6.45, 7) is 0. The van der Waals surface area contributed by atoms with Crippen molar-refractivity contribution in [2.24, 2.45) is 0 Å². The van der Waals surface area contributed by atoms with Gasteiger partial charge in [0.15, 0.2) is 5.78 Å². The van der Waals surface area contributed by atoms with Crippen LogP contribution >= 0.6 is 22.9 Å². The first-order valence-electron chi connectivity index (χ1n) is 7.42. The quantitative estimate of drug-likeness (QED) is 0.717. The number of ether oxygens (including phenoxy) is 1. The number of methoxy groups -OCH3 is 1. The molecule has 0 aliphatic carbocycles. The highest BCUT2D eigenvalue weighted by Crippen LogP contribution is 2.12. The van der Waals surface area contributed by atoms with Crippen LogP contribution in [0.3, 0.4) is 0 Å². The zero-order valence-electron chi connectivity index (χ0n) is 13.3. The Morgan fingerprint density at radius 2 is 1.80 bits per heavy atom. The molecule has 0 amide bonds. The Morgan fingerprint density at radius 3 is 2.44 bits per heavy atom. The summed E-state index contributed by atoms with van der Waals surface area (Å²) < 4.78 is 6.10. The number of nitrogens with one attached hydrogen (secondary N) is 1. The zero-order chi connectivity index (χ0) is 17.8. The van der Waals surface area contributed by atoms with Crippen molar-refractivity contribution < 1.29 is 9.53 Å². The van der Waals surface area contributed by atoms with Crippen LogP contribution in [0.4, 0.5) is 0 Å². The van der Waals surface area contributed by atoms with Gasteiger partial charge in [-0.15, -0.1) is 11.3 Å². The van der Waals surface area contributed by atoms with Gasteiger partial charge in [0.2, 0.25) is 0 Å². The summed E-state index contributed by atoms with van der Waals surface area (Å²) in [5.41, 5.74) is 1.16. The lowest BCUT2D eigenvalue weighted by atomic mass is 10.1. The molecule has 0 radical (unpaired) electrons. The fourth-order valence-electron chi connectivity index (χ4n) is 2.19. The maximum Gasteiger partial charge on any atom is 0.266 e. The summed E-state index contributed by atoms with van der Waals surface area (Å²) in [4.78, 5) is 27.1. The highest BCUT2D eigenvalue weighted by Gasteiger charge is 2.04. The molecule has 0 atom stereocenters. The van der Waals surface area contributed by atoms with Crippen LogP contribution in [0.25, 0.3) is 12.2 Å². The van der Waals surface area contributed by atoms with Crippen molar-refractivity contribution in [3.8, 4) is 5.75 Å². The Balaban J connectivity index is 1.93. The summed E-state index contributed by atoms with van der Waals surface area (Å²) in [6.07, 6.45) is 3.18. The standard InChI is InChI=1S/C19H14ClNO3S/c1-24-15-8-4-13(5-9-15)16(22)11-18-21-19(23)17(25-18)10-12-2-6-14(20)7-3-12/h2-11H,1H3,(H,21,23)/b17-10-,18-11-. The number of ketones is 1. The molecule has 0 fully saturated rings. The van der Waals surface area contributed by atoms with Gasteiger partial charge in [-0.05, 0) is 48.0 Å². The minimum atomic E-state index is -0.228. The Bertz CT molecular complexity index is 1060. The SMILES string of the molecule is COc1ccc(C(=O)/C=c2/[nH]c(=O)/c(=C/c3ccc(Cl)cc3)s2)cc1. The largest absolute Gasteiger partial charge is 0.497 e. The molecule has 0 aliphatic heterocycles. The number of aromatic nitrogens is 1. The van der Waals surface area contributed by atoms with E-state index < -0.39 is 0 Å². The van der Waals surface area contributed by atoms with E-state index in [1.54, 1.807) is 49.6 Å². The predicted molar refractivity (Wildman–Crippen MR) is 101 cm³/mol. The van der Waals surface area contributed by atoms with Gasteiger partial charge in [0, 0.05) is 16.7 Å². The fourth-order valence-corrected chi connectivity index (χ4v) is 3.20. The van der Waals surface area contributed by atoms with E-state index in [9.17, 15) is 9.59 Å². The van der Waals surface area contributed by atoms with Gasteiger partial charge >= 0.3 is 0 Å². The predicted octanol–water partition coefficient (Wildman–Crippen LogP) is 2.59. The number of carbonyl (C=O) groups excluding carboxylic acids is 1. The lowest BCUT2D eigenvalue weighted by Gasteiger charge is -1.99. The van der Waals surface area contributed by atoms with Crippen LogP contribution in [-0.4, -0.2) is 17.9 Å². The number of H-pyrrole nitrogens is 1. The van der Waals surface area contributed by atoms with Crippen LogP contribution in [0, 0.1) is 0 Å². The Labute approximate surface area is 152 Å². The maximum absolute atomic E-state index is 12.3. The van der Waals surface area contributed by atoms with Crippen LogP contribution in [-0.2, 0) is 0 Å². The first-order chi connectivity index (χ1) is 12.0. The third-order valence-corrected chi connectivity index (χ3v) is 4.70. The van der Waals surface area contributed by atoms with E-state index in [2.05, 4.69) is 4.98 Å². The molecule has 0 saturated heterocycles. The second-order valence-electron chi connectivity index (χ2n) is 5.22. The molecule has 0 spiro atoms. The Kier molecular flexibility index (Phi) is 5.16. The zero-order valence-corrected chi connectivity index (χ0v) is 14.9. The molecule has 0 unspecified atom stereocenters. The van der Waals surface area contributed by atoms with E-state index in [1.807, 2.05) is 12.1 Å². The van der Waals surface area contributed by atoms with E-state index in [0.717, 1.165) is 5.56 Å². The lowest BCUT2D eigenvalue weighted by Crippen LogP contribution is -2.19. The highest BCUT2D eigenvalue weighted by atomic mass is 35.5. The summed E-state index contributed by atoms with van der Waals surface area (Å²) >= 11 is 7.09. The number of aromatic amines is 1. The second-order valence-corrected chi connectivity index (χ2v) is 6.74. The normalized spacial score (nSPS) is 12.4. The molecule has 4 nitrogen and oxygen atoms in total. The van der Waals surface area contributed by atoms with Crippen LogP contribution in [0.1, 0.15) is 15.9 Å². The molecule has 6 heteroatoms. The van der Waals surface area contributed by atoms with Gasteiger partial charge in [-0.1, -0.05) is 23.7 Å². The van der Waals surface area contributed by atoms with E-state index in [0.29, 0.717) is 25.5 Å². The number of carbonyl (C=O) groups is 1. The van der Waals surface area contributed by atoms with Gasteiger partial charge in [0.25, 0.3) is 5.56 Å². The average molecular weight is 372 g/mol. The number of halogens is 1. The minimum Gasteiger partial charge on any atom is -0.497 e. The average Bonchev–Trinajstić information content (AvgIpc) is 2.96. The minimum absolute atomic E-state index is 0.182. The molecule has 3 rings (SSSR count). The third-order valence-electron chi connectivity index (χ3n) is 3.48.